The van der Waals surface area contributed by atoms with Crippen molar-refractivity contribution in [2.75, 3.05) is 39.4 Å². The Balaban J connectivity index is 3.16. The molecular formula is C11H24ClNO2. The molecule has 0 aromatic heterocycles. The fourth-order valence-electron chi connectivity index (χ4n) is 1.08. The third-order valence-corrected chi connectivity index (χ3v) is 2.95. The number of hydrogen-bond acceptors (Lipinski definition) is 3. The van der Waals surface area contributed by atoms with E-state index in [-0.39, 0.29) is 0 Å². The van der Waals surface area contributed by atoms with E-state index in [1.165, 1.54) is 0 Å². The summed E-state index contributed by atoms with van der Waals surface area (Å²) in [4.78, 5) is 0. The van der Waals surface area contributed by atoms with E-state index in [0.29, 0.717) is 31.1 Å². The quantitative estimate of drug-likeness (QED) is 0.465. The molecule has 0 rings (SSSR count). The van der Waals surface area contributed by atoms with Gasteiger partial charge in [0.15, 0.2) is 0 Å². The Bertz CT molecular complexity index is 136. The fourth-order valence-corrected chi connectivity index (χ4v) is 1.35. The number of ether oxygens (including phenoxy) is 2. The van der Waals surface area contributed by atoms with Crippen LogP contribution in [-0.2, 0) is 9.47 Å². The summed E-state index contributed by atoms with van der Waals surface area (Å²) in [7, 11) is 1.68. The maximum atomic E-state index is 5.77. The number of nitrogens with one attached hydrogen (secondary N) is 1. The maximum Gasteiger partial charge on any atom is 0.0700 e. The number of rotatable bonds is 10. The van der Waals surface area contributed by atoms with Crippen molar-refractivity contribution in [3.8, 4) is 0 Å². The van der Waals surface area contributed by atoms with Crippen molar-refractivity contribution in [3.05, 3.63) is 0 Å². The highest BCUT2D eigenvalue weighted by molar-refractivity contribution is 6.18. The zero-order valence-corrected chi connectivity index (χ0v) is 10.8. The molecule has 0 aliphatic carbocycles. The van der Waals surface area contributed by atoms with Gasteiger partial charge in [-0.3, -0.25) is 0 Å². The highest BCUT2D eigenvalue weighted by Crippen LogP contribution is 2.03. The zero-order chi connectivity index (χ0) is 11.5. The van der Waals surface area contributed by atoms with E-state index in [0.717, 1.165) is 19.6 Å². The first-order chi connectivity index (χ1) is 7.22. The van der Waals surface area contributed by atoms with Crippen LogP contribution in [0.4, 0.5) is 0 Å². The number of halogens is 1. The standard InChI is InChI=1S/C11H24ClNO2/c1-10(9-12)11(2)13-5-4-6-15-8-7-14-3/h10-11,13H,4-9H2,1-3H3. The molecule has 92 valence electrons. The Morgan fingerprint density at radius 1 is 1.20 bits per heavy atom. The van der Waals surface area contributed by atoms with Gasteiger partial charge < -0.3 is 14.8 Å². The second kappa shape index (κ2) is 10.7. The molecule has 0 fully saturated rings. The van der Waals surface area contributed by atoms with E-state index < -0.39 is 0 Å². The molecule has 0 amide bonds. The first-order valence-corrected chi connectivity index (χ1v) is 6.11. The Morgan fingerprint density at radius 3 is 2.53 bits per heavy atom. The third-order valence-electron chi connectivity index (χ3n) is 2.46. The normalized spacial score (nSPS) is 15.2. The summed E-state index contributed by atoms with van der Waals surface area (Å²) < 4.78 is 10.2. The summed E-state index contributed by atoms with van der Waals surface area (Å²) in [5.74, 6) is 1.22. The molecule has 0 heterocycles. The van der Waals surface area contributed by atoms with Crippen LogP contribution in [-0.4, -0.2) is 45.4 Å². The second-order valence-electron chi connectivity index (χ2n) is 3.83. The Kier molecular flexibility index (Phi) is 10.8. The molecule has 1 N–H and O–H groups in total. The molecule has 15 heavy (non-hydrogen) atoms. The van der Waals surface area contributed by atoms with Gasteiger partial charge in [-0.2, -0.15) is 0 Å². The van der Waals surface area contributed by atoms with E-state index in [9.17, 15) is 0 Å². The van der Waals surface area contributed by atoms with Crippen molar-refractivity contribution in [2.45, 2.75) is 26.3 Å². The van der Waals surface area contributed by atoms with Crippen molar-refractivity contribution in [1.82, 2.24) is 5.32 Å². The topological polar surface area (TPSA) is 30.5 Å². The molecule has 0 spiro atoms. The fraction of sp³-hybridized carbons (Fsp3) is 1.00. The summed E-state index contributed by atoms with van der Waals surface area (Å²) in [6.07, 6.45) is 1.03. The van der Waals surface area contributed by atoms with Crippen LogP contribution < -0.4 is 5.32 Å². The van der Waals surface area contributed by atoms with E-state index in [4.69, 9.17) is 21.1 Å². The minimum Gasteiger partial charge on any atom is -0.382 e. The van der Waals surface area contributed by atoms with Crippen LogP contribution in [0.15, 0.2) is 0 Å². The number of hydrogen-bond donors (Lipinski definition) is 1. The van der Waals surface area contributed by atoms with Gasteiger partial charge in [0.05, 0.1) is 13.2 Å². The Labute approximate surface area is 98.5 Å². The lowest BCUT2D eigenvalue weighted by molar-refractivity contribution is 0.0691. The molecule has 2 unspecified atom stereocenters. The van der Waals surface area contributed by atoms with Crippen LogP contribution in [0.3, 0.4) is 0 Å². The summed E-state index contributed by atoms with van der Waals surface area (Å²) in [5, 5.41) is 3.43. The van der Waals surface area contributed by atoms with Gasteiger partial charge in [0.1, 0.15) is 0 Å². The summed E-state index contributed by atoms with van der Waals surface area (Å²) >= 11 is 5.77. The van der Waals surface area contributed by atoms with E-state index >= 15 is 0 Å². The number of methoxy groups -OCH3 is 1. The van der Waals surface area contributed by atoms with Gasteiger partial charge in [-0.25, -0.2) is 0 Å². The van der Waals surface area contributed by atoms with Crippen LogP contribution in [0.1, 0.15) is 20.3 Å². The van der Waals surface area contributed by atoms with Gasteiger partial charge in [0.25, 0.3) is 0 Å². The Morgan fingerprint density at radius 2 is 1.93 bits per heavy atom. The van der Waals surface area contributed by atoms with Crippen molar-refractivity contribution in [2.24, 2.45) is 5.92 Å². The zero-order valence-electron chi connectivity index (χ0n) is 10.1. The predicted molar refractivity (Wildman–Crippen MR) is 64.7 cm³/mol. The SMILES string of the molecule is COCCOCCCNC(C)C(C)CCl. The van der Waals surface area contributed by atoms with Crippen molar-refractivity contribution in [1.29, 1.82) is 0 Å². The third kappa shape index (κ3) is 9.12. The summed E-state index contributed by atoms with van der Waals surface area (Å²) in [5.41, 5.74) is 0. The minimum atomic E-state index is 0.474. The van der Waals surface area contributed by atoms with Crippen LogP contribution in [0, 0.1) is 5.92 Å². The molecule has 0 radical (unpaired) electrons. The first kappa shape index (κ1) is 15.2. The van der Waals surface area contributed by atoms with Gasteiger partial charge in [0.2, 0.25) is 0 Å². The molecule has 3 nitrogen and oxygen atoms in total. The molecular weight excluding hydrogens is 214 g/mol. The lowest BCUT2D eigenvalue weighted by Gasteiger charge is -2.18. The van der Waals surface area contributed by atoms with E-state index in [1.54, 1.807) is 7.11 Å². The molecule has 0 aliphatic heterocycles. The van der Waals surface area contributed by atoms with Crippen molar-refractivity contribution < 1.29 is 9.47 Å². The van der Waals surface area contributed by atoms with Gasteiger partial charge in [-0.1, -0.05) is 6.92 Å². The van der Waals surface area contributed by atoms with Gasteiger partial charge >= 0.3 is 0 Å². The highest BCUT2D eigenvalue weighted by atomic mass is 35.5. The van der Waals surface area contributed by atoms with Crippen LogP contribution in [0.2, 0.25) is 0 Å². The Hall–Kier alpha value is 0.170. The van der Waals surface area contributed by atoms with Crippen LogP contribution >= 0.6 is 11.6 Å². The van der Waals surface area contributed by atoms with Gasteiger partial charge in [-0.15, -0.1) is 11.6 Å². The molecule has 0 bridgehead atoms. The molecule has 2 atom stereocenters. The summed E-state index contributed by atoms with van der Waals surface area (Å²) in [6.45, 7) is 7.45. The average molecular weight is 238 g/mol. The van der Waals surface area contributed by atoms with Crippen LogP contribution in [0.5, 0.6) is 0 Å². The van der Waals surface area contributed by atoms with E-state index in [2.05, 4.69) is 19.2 Å². The highest BCUT2D eigenvalue weighted by Gasteiger charge is 2.08. The monoisotopic (exact) mass is 237 g/mol. The largest absolute Gasteiger partial charge is 0.382 e. The molecule has 0 saturated heterocycles. The molecule has 0 saturated carbocycles. The molecule has 4 heteroatoms. The van der Waals surface area contributed by atoms with Crippen molar-refractivity contribution in [3.63, 3.8) is 0 Å². The minimum absolute atomic E-state index is 0.474. The molecule has 0 aromatic rings. The molecule has 0 aliphatic rings. The molecule has 0 aromatic carbocycles. The van der Waals surface area contributed by atoms with Crippen molar-refractivity contribution >= 4 is 11.6 Å². The smallest absolute Gasteiger partial charge is 0.0700 e. The van der Waals surface area contributed by atoms with E-state index in [1.807, 2.05) is 0 Å². The second-order valence-corrected chi connectivity index (χ2v) is 4.14. The van der Waals surface area contributed by atoms with Gasteiger partial charge in [-0.05, 0) is 25.8 Å². The number of alkyl halides is 1. The van der Waals surface area contributed by atoms with Gasteiger partial charge in [0, 0.05) is 25.6 Å². The first-order valence-electron chi connectivity index (χ1n) is 5.58. The maximum absolute atomic E-state index is 5.77. The average Bonchev–Trinajstić information content (AvgIpc) is 2.26. The predicted octanol–water partition coefficient (Wildman–Crippen LogP) is 1.89. The summed E-state index contributed by atoms with van der Waals surface area (Å²) in [6, 6.07) is 0.474. The lowest BCUT2D eigenvalue weighted by atomic mass is 10.1. The lowest BCUT2D eigenvalue weighted by Crippen LogP contribution is -2.34. The van der Waals surface area contributed by atoms with Crippen LogP contribution in [0.25, 0.3) is 0 Å².